The average molecular weight is 588 g/mol. The second-order valence-corrected chi connectivity index (χ2v) is 10.5. The first-order chi connectivity index (χ1) is 19.4. The third-order valence-electron chi connectivity index (χ3n) is 7.16. The van der Waals surface area contributed by atoms with E-state index in [0.29, 0.717) is 82.9 Å². The van der Waals surface area contributed by atoms with Crippen molar-refractivity contribution in [3.05, 3.63) is 41.0 Å². The van der Waals surface area contributed by atoms with Crippen LogP contribution < -0.4 is 20.1 Å². The number of ketones is 1. The first-order valence-electron chi connectivity index (χ1n) is 13.0. The van der Waals surface area contributed by atoms with E-state index >= 15 is 0 Å². The molecule has 0 unspecified atom stereocenters. The Balaban J connectivity index is 1.56. The molecule has 12 heteroatoms. The molecule has 1 aromatic carbocycles. The number of anilines is 2. The van der Waals surface area contributed by atoms with Crippen molar-refractivity contribution in [3.63, 3.8) is 0 Å². The summed E-state index contributed by atoms with van der Waals surface area (Å²) in [7, 11) is 3.06. The second-order valence-electron chi connectivity index (χ2n) is 9.73. The number of halogens is 2. The molecule has 0 radical (unpaired) electrons. The predicted octanol–water partition coefficient (Wildman–Crippen LogP) is 5.18. The van der Waals surface area contributed by atoms with Crippen LogP contribution in [0.4, 0.5) is 11.8 Å². The lowest BCUT2D eigenvalue weighted by Crippen LogP contribution is -2.30. The summed E-state index contributed by atoms with van der Waals surface area (Å²) in [6.45, 7) is 5.83. The molecule has 0 bridgehead atoms. The number of fused-ring (bicyclic) bond motifs is 1. The van der Waals surface area contributed by atoms with Crippen molar-refractivity contribution in [2.75, 3.05) is 51.3 Å². The third-order valence-corrected chi connectivity index (χ3v) is 7.91. The van der Waals surface area contributed by atoms with Crippen molar-refractivity contribution in [1.29, 1.82) is 0 Å². The van der Waals surface area contributed by atoms with Crippen LogP contribution in [0, 0.1) is 5.92 Å². The molecule has 2 aliphatic rings. The van der Waals surface area contributed by atoms with Gasteiger partial charge in [-0.25, -0.2) is 15.0 Å². The Kier molecular flexibility index (Phi) is 8.90. The Morgan fingerprint density at radius 3 is 2.48 bits per heavy atom. The quantitative estimate of drug-likeness (QED) is 0.307. The van der Waals surface area contributed by atoms with Gasteiger partial charge in [0.2, 0.25) is 5.95 Å². The normalized spacial score (nSPS) is 19.4. The molecular weight excluding hydrogens is 557 g/mol. The zero-order valence-electron chi connectivity index (χ0n) is 22.3. The molecule has 2 aliphatic heterocycles. The Labute approximate surface area is 242 Å². The van der Waals surface area contributed by atoms with Crippen LogP contribution in [0.5, 0.6) is 11.5 Å². The van der Waals surface area contributed by atoms with E-state index < -0.39 is 0 Å². The van der Waals surface area contributed by atoms with Crippen LogP contribution in [0.3, 0.4) is 0 Å². The van der Waals surface area contributed by atoms with Crippen LogP contribution in [-0.4, -0.2) is 73.5 Å². The highest BCUT2D eigenvalue weighted by Gasteiger charge is 2.30. The van der Waals surface area contributed by atoms with Crippen molar-refractivity contribution in [1.82, 2.24) is 15.0 Å². The number of carbonyl (C=O) groups excluding carboxylic acids is 1. The summed E-state index contributed by atoms with van der Waals surface area (Å²) >= 11 is 13.5. The molecule has 4 heterocycles. The number of ether oxygens (including phenoxy) is 4. The molecule has 2 atom stereocenters. The molecule has 0 amide bonds. The molecule has 2 saturated heterocycles. The van der Waals surface area contributed by atoms with E-state index in [4.69, 9.17) is 52.1 Å². The van der Waals surface area contributed by atoms with Crippen molar-refractivity contribution in [2.24, 2.45) is 5.92 Å². The SMILES string of the molecule is C=CC(=O)C[C@H]1COC[C@H]1Nc1ncc2cc(-c3c(Cl)c(OC)cc(OC)c3Cl)nc(NC3CCOCC3)c2n1. The first kappa shape index (κ1) is 28.4. The van der Waals surface area contributed by atoms with Crippen LogP contribution in [0.1, 0.15) is 19.3 Å². The summed E-state index contributed by atoms with van der Waals surface area (Å²) in [5.41, 5.74) is 1.63. The van der Waals surface area contributed by atoms with Crippen LogP contribution in [0.25, 0.3) is 22.2 Å². The maximum Gasteiger partial charge on any atom is 0.223 e. The molecule has 5 rings (SSSR count). The van der Waals surface area contributed by atoms with Crippen molar-refractivity contribution < 1.29 is 23.7 Å². The monoisotopic (exact) mass is 587 g/mol. The maximum atomic E-state index is 12.0. The van der Waals surface area contributed by atoms with Crippen LogP contribution in [0.2, 0.25) is 10.0 Å². The lowest BCUT2D eigenvalue weighted by Gasteiger charge is -2.25. The number of hydrogen-bond donors (Lipinski definition) is 2. The summed E-state index contributed by atoms with van der Waals surface area (Å²) in [6, 6.07) is 3.52. The number of carbonyl (C=O) groups is 1. The van der Waals surface area contributed by atoms with E-state index in [2.05, 4.69) is 22.2 Å². The molecular formula is C28H31Cl2N5O5. The molecule has 2 aromatic heterocycles. The lowest BCUT2D eigenvalue weighted by molar-refractivity contribution is -0.115. The van der Waals surface area contributed by atoms with Gasteiger partial charge in [-0.05, 0) is 25.0 Å². The van der Waals surface area contributed by atoms with Crippen molar-refractivity contribution in [3.8, 4) is 22.8 Å². The van der Waals surface area contributed by atoms with Crippen LogP contribution in [0.15, 0.2) is 31.0 Å². The third kappa shape index (κ3) is 5.95. The van der Waals surface area contributed by atoms with E-state index in [1.807, 2.05) is 6.07 Å². The van der Waals surface area contributed by atoms with Gasteiger partial charge in [0.05, 0.1) is 49.2 Å². The minimum atomic E-state index is -0.109. The maximum absolute atomic E-state index is 12.0. The summed E-state index contributed by atoms with van der Waals surface area (Å²) in [5, 5.41) is 8.28. The largest absolute Gasteiger partial charge is 0.495 e. The minimum absolute atomic E-state index is 0.00235. The smallest absolute Gasteiger partial charge is 0.223 e. The molecule has 40 heavy (non-hydrogen) atoms. The number of pyridine rings is 1. The molecule has 0 aliphatic carbocycles. The van der Waals surface area contributed by atoms with E-state index in [1.54, 1.807) is 12.3 Å². The highest BCUT2D eigenvalue weighted by molar-refractivity contribution is 6.41. The molecule has 212 valence electrons. The number of aromatic nitrogens is 3. The molecule has 2 fully saturated rings. The van der Waals surface area contributed by atoms with Gasteiger partial charge in [-0.2, -0.15) is 0 Å². The fourth-order valence-electron chi connectivity index (χ4n) is 4.95. The second kappa shape index (κ2) is 12.6. The van der Waals surface area contributed by atoms with E-state index in [-0.39, 0.29) is 23.8 Å². The highest BCUT2D eigenvalue weighted by atomic mass is 35.5. The molecule has 2 N–H and O–H groups in total. The number of rotatable bonds is 10. The standard InChI is InChI=1S/C28H31Cl2N5O5/c1-4-18(36)9-16-13-40-14-20(16)34-28-31-12-15-10-19(23-24(29)21(37-2)11-22(38-3)25(23)30)33-27(26(15)35-28)32-17-5-7-39-8-6-17/h4,10-12,16-17,20H,1,5-9,13-14H2,2-3H3,(H,32,33)(H,31,34,35)/t16-,20+/m0/s1. The fourth-order valence-corrected chi connectivity index (χ4v) is 5.64. The van der Waals surface area contributed by atoms with Gasteiger partial charge in [0, 0.05) is 54.8 Å². The number of allylic oxidation sites excluding steroid dienone is 1. The van der Waals surface area contributed by atoms with Crippen molar-refractivity contribution >= 4 is 51.7 Å². The zero-order chi connectivity index (χ0) is 28.2. The Morgan fingerprint density at radius 2 is 1.80 bits per heavy atom. The fraction of sp³-hybridized carbons (Fsp3) is 0.429. The van der Waals surface area contributed by atoms with Crippen LogP contribution >= 0.6 is 23.2 Å². The van der Waals surface area contributed by atoms with Gasteiger partial charge in [0.1, 0.15) is 17.0 Å². The van der Waals surface area contributed by atoms with Gasteiger partial charge in [-0.1, -0.05) is 29.8 Å². The van der Waals surface area contributed by atoms with Crippen molar-refractivity contribution in [2.45, 2.75) is 31.3 Å². The minimum Gasteiger partial charge on any atom is -0.495 e. The van der Waals surface area contributed by atoms with E-state index in [9.17, 15) is 4.79 Å². The van der Waals surface area contributed by atoms with E-state index in [1.165, 1.54) is 20.3 Å². The summed E-state index contributed by atoms with van der Waals surface area (Å²) in [6.07, 6.45) is 5.08. The van der Waals surface area contributed by atoms with Gasteiger partial charge in [0.15, 0.2) is 11.6 Å². The van der Waals surface area contributed by atoms with Gasteiger partial charge >= 0.3 is 0 Å². The summed E-state index contributed by atoms with van der Waals surface area (Å²) in [5.74, 6) is 1.79. The number of nitrogens with one attached hydrogen (secondary N) is 2. The number of benzene rings is 1. The summed E-state index contributed by atoms with van der Waals surface area (Å²) < 4.78 is 22.1. The molecule has 3 aromatic rings. The number of methoxy groups -OCH3 is 2. The molecule has 10 nitrogen and oxygen atoms in total. The van der Waals surface area contributed by atoms with E-state index in [0.717, 1.165) is 18.2 Å². The topological polar surface area (TPSA) is 117 Å². The Bertz CT molecular complexity index is 1390. The lowest BCUT2D eigenvalue weighted by atomic mass is 9.97. The van der Waals surface area contributed by atoms with Gasteiger partial charge in [-0.15, -0.1) is 0 Å². The average Bonchev–Trinajstić information content (AvgIpc) is 3.40. The van der Waals surface area contributed by atoms with Gasteiger partial charge < -0.3 is 29.6 Å². The number of nitrogens with zero attached hydrogens (tertiary/aromatic N) is 3. The highest BCUT2D eigenvalue weighted by Crippen LogP contribution is 2.46. The first-order valence-corrected chi connectivity index (χ1v) is 13.8. The Hall–Kier alpha value is -3.18. The Morgan fingerprint density at radius 1 is 1.07 bits per heavy atom. The van der Waals surface area contributed by atoms with Crippen LogP contribution in [-0.2, 0) is 14.3 Å². The predicted molar refractivity (Wildman–Crippen MR) is 155 cm³/mol. The molecule has 0 spiro atoms. The van der Waals surface area contributed by atoms with Gasteiger partial charge in [0.25, 0.3) is 0 Å². The zero-order valence-corrected chi connectivity index (χ0v) is 23.8. The molecule has 0 saturated carbocycles. The number of hydrogen-bond acceptors (Lipinski definition) is 10. The van der Waals surface area contributed by atoms with Gasteiger partial charge in [-0.3, -0.25) is 4.79 Å². The summed E-state index contributed by atoms with van der Waals surface area (Å²) in [4.78, 5) is 26.3.